The van der Waals surface area contributed by atoms with Crippen molar-refractivity contribution in [1.29, 1.82) is 0 Å². The molecule has 0 amide bonds. The largest absolute Gasteiger partial charge is 0.319 e. The molecule has 1 N–H and O–H groups in total. The number of aromatic nitrogens is 2. The highest BCUT2D eigenvalue weighted by Gasteiger charge is 2.06. The minimum Gasteiger partial charge on any atom is -0.319 e. The van der Waals surface area contributed by atoms with E-state index in [4.69, 9.17) is 0 Å². The van der Waals surface area contributed by atoms with Crippen molar-refractivity contribution in [2.24, 2.45) is 7.05 Å². The van der Waals surface area contributed by atoms with E-state index < -0.39 is 0 Å². The van der Waals surface area contributed by atoms with Crippen molar-refractivity contribution in [1.82, 2.24) is 15.1 Å². The van der Waals surface area contributed by atoms with Crippen molar-refractivity contribution < 1.29 is 4.39 Å². The predicted octanol–water partition coefficient (Wildman–Crippen LogP) is 1.99. The van der Waals surface area contributed by atoms with Gasteiger partial charge in [-0.05, 0) is 37.4 Å². The normalized spacial score (nSPS) is 10.8. The summed E-state index contributed by atoms with van der Waals surface area (Å²) >= 11 is 0. The van der Waals surface area contributed by atoms with Crippen LogP contribution >= 0.6 is 0 Å². The third-order valence-corrected chi connectivity index (χ3v) is 2.75. The van der Waals surface area contributed by atoms with Crippen LogP contribution in [0.5, 0.6) is 0 Å². The molecule has 0 aliphatic carbocycles. The first-order valence-corrected chi connectivity index (χ1v) is 5.64. The number of benzene rings is 1. The van der Waals surface area contributed by atoms with Crippen LogP contribution in [-0.4, -0.2) is 23.4 Å². The number of rotatable bonds is 4. The van der Waals surface area contributed by atoms with E-state index in [9.17, 15) is 4.39 Å². The second-order valence-electron chi connectivity index (χ2n) is 4.00. The van der Waals surface area contributed by atoms with Crippen LogP contribution < -0.4 is 5.32 Å². The SMILES string of the molecule is CNCCc1cc(-c2ccc(F)cc2)nn1C. The molecule has 0 atom stereocenters. The zero-order valence-electron chi connectivity index (χ0n) is 10.1. The highest BCUT2D eigenvalue weighted by Crippen LogP contribution is 2.19. The molecule has 17 heavy (non-hydrogen) atoms. The van der Waals surface area contributed by atoms with Crippen LogP contribution in [0.3, 0.4) is 0 Å². The Morgan fingerprint density at radius 1 is 1.29 bits per heavy atom. The molecule has 2 rings (SSSR count). The van der Waals surface area contributed by atoms with Gasteiger partial charge in [-0.2, -0.15) is 5.10 Å². The lowest BCUT2D eigenvalue weighted by Gasteiger charge is -1.99. The average Bonchev–Trinajstić information content (AvgIpc) is 2.69. The fourth-order valence-electron chi connectivity index (χ4n) is 1.75. The molecule has 0 saturated carbocycles. The summed E-state index contributed by atoms with van der Waals surface area (Å²) in [6.07, 6.45) is 0.932. The molecule has 1 aromatic carbocycles. The lowest BCUT2D eigenvalue weighted by molar-refractivity contribution is 0.628. The molecule has 4 heteroatoms. The van der Waals surface area contributed by atoms with Gasteiger partial charge in [0.05, 0.1) is 5.69 Å². The summed E-state index contributed by atoms with van der Waals surface area (Å²) in [7, 11) is 3.86. The van der Waals surface area contributed by atoms with E-state index in [0.29, 0.717) is 0 Å². The van der Waals surface area contributed by atoms with Crippen LogP contribution in [-0.2, 0) is 13.5 Å². The monoisotopic (exact) mass is 233 g/mol. The topological polar surface area (TPSA) is 29.9 Å². The molecule has 0 fully saturated rings. The van der Waals surface area contributed by atoms with Gasteiger partial charge in [-0.1, -0.05) is 0 Å². The first-order chi connectivity index (χ1) is 8.20. The molecular formula is C13H16FN3. The quantitative estimate of drug-likeness (QED) is 0.875. The molecule has 3 nitrogen and oxygen atoms in total. The van der Waals surface area contributed by atoms with Crippen LogP contribution in [0.25, 0.3) is 11.3 Å². The van der Waals surface area contributed by atoms with E-state index in [1.54, 1.807) is 12.1 Å². The van der Waals surface area contributed by atoms with Crippen LogP contribution in [0, 0.1) is 5.82 Å². The zero-order valence-corrected chi connectivity index (χ0v) is 10.1. The first-order valence-electron chi connectivity index (χ1n) is 5.64. The molecule has 0 aliphatic rings. The van der Waals surface area contributed by atoms with Gasteiger partial charge in [0, 0.05) is 31.3 Å². The van der Waals surface area contributed by atoms with E-state index in [-0.39, 0.29) is 5.82 Å². The predicted molar refractivity (Wildman–Crippen MR) is 66.2 cm³/mol. The van der Waals surface area contributed by atoms with Crippen molar-refractivity contribution in [2.75, 3.05) is 13.6 Å². The molecule has 90 valence electrons. The molecule has 2 aromatic rings. The summed E-state index contributed by atoms with van der Waals surface area (Å²) in [5.41, 5.74) is 3.00. The van der Waals surface area contributed by atoms with Gasteiger partial charge < -0.3 is 5.32 Å². The van der Waals surface area contributed by atoms with Gasteiger partial charge in [-0.3, -0.25) is 4.68 Å². The highest BCUT2D eigenvalue weighted by atomic mass is 19.1. The number of hydrogen-bond donors (Lipinski definition) is 1. The van der Waals surface area contributed by atoms with Crippen molar-refractivity contribution in [3.05, 3.63) is 41.8 Å². The maximum Gasteiger partial charge on any atom is 0.123 e. The number of nitrogens with one attached hydrogen (secondary N) is 1. The Morgan fingerprint density at radius 3 is 2.65 bits per heavy atom. The van der Waals surface area contributed by atoms with Gasteiger partial charge in [-0.25, -0.2) is 4.39 Å². The summed E-state index contributed by atoms with van der Waals surface area (Å²) in [6, 6.07) is 8.46. The molecule has 1 heterocycles. The standard InChI is InChI=1S/C13H16FN3/c1-15-8-7-12-9-13(16-17(12)2)10-3-5-11(14)6-4-10/h3-6,9,15H,7-8H2,1-2H3. The number of halogens is 1. The number of nitrogens with zero attached hydrogens (tertiary/aromatic N) is 2. The molecule has 0 radical (unpaired) electrons. The summed E-state index contributed by atoms with van der Waals surface area (Å²) in [6.45, 7) is 0.919. The summed E-state index contributed by atoms with van der Waals surface area (Å²) in [4.78, 5) is 0. The molecule has 0 spiro atoms. The second-order valence-corrected chi connectivity index (χ2v) is 4.00. The van der Waals surface area contributed by atoms with E-state index in [2.05, 4.69) is 10.4 Å². The Hall–Kier alpha value is -1.68. The molecule has 0 aliphatic heterocycles. The van der Waals surface area contributed by atoms with Gasteiger partial charge >= 0.3 is 0 Å². The van der Waals surface area contributed by atoms with Gasteiger partial charge in [0.2, 0.25) is 0 Å². The van der Waals surface area contributed by atoms with Gasteiger partial charge in [-0.15, -0.1) is 0 Å². The van der Waals surface area contributed by atoms with Crippen molar-refractivity contribution in [3.8, 4) is 11.3 Å². The van der Waals surface area contributed by atoms with Crippen molar-refractivity contribution >= 4 is 0 Å². The second kappa shape index (κ2) is 5.10. The molecule has 1 aromatic heterocycles. The van der Waals surface area contributed by atoms with Crippen LogP contribution in [0.4, 0.5) is 4.39 Å². The number of aryl methyl sites for hydroxylation is 1. The first kappa shape index (κ1) is 11.8. The van der Waals surface area contributed by atoms with Gasteiger partial charge in [0.1, 0.15) is 5.82 Å². The van der Waals surface area contributed by atoms with Gasteiger partial charge in [0.25, 0.3) is 0 Å². The minimum atomic E-state index is -0.222. The lowest BCUT2D eigenvalue weighted by Crippen LogP contribution is -2.12. The number of likely N-dealkylation sites (N-methyl/N-ethyl adjacent to an activating group) is 1. The minimum absolute atomic E-state index is 0.222. The lowest BCUT2D eigenvalue weighted by atomic mass is 10.1. The maximum absolute atomic E-state index is 12.8. The Bertz CT molecular complexity index is 488. The van der Waals surface area contributed by atoms with Crippen LogP contribution in [0.1, 0.15) is 5.69 Å². The third kappa shape index (κ3) is 2.71. The molecule has 0 bridgehead atoms. The van der Waals surface area contributed by atoms with E-state index in [1.807, 2.05) is 24.8 Å². The molecule has 0 saturated heterocycles. The Balaban J connectivity index is 2.24. The molecular weight excluding hydrogens is 217 g/mol. The van der Waals surface area contributed by atoms with Crippen LogP contribution in [0.15, 0.2) is 30.3 Å². The number of hydrogen-bond acceptors (Lipinski definition) is 2. The van der Waals surface area contributed by atoms with Gasteiger partial charge in [0.15, 0.2) is 0 Å². The highest BCUT2D eigenvalue weighted by molar-refractivity contribution is 5.59. The van der Waals surface area contributed by atoms with Crippen molar-refractivity contribution in [3.63, 3.8) is 0 Å². The summed E-state index contributed by atoms with van der Waals surface area (Å²) in [5, 5.41) is 7.54. The molecule has 0 unspecified atom stereocenters. The Morgan fingerprint density at radius 2 is 2.00 bits per heavy atom. The van der Waals surface area contributed by atoms with Crippen molar-refractivity contribution in [2.45, 2.75) is 6.42 Å². The van der Waals surface area contributed by atoms with E-state index in [1.165, 1.54) is 17.8 Å². The van der Waals surface area contributed by atoms with Crippen LogP contribution in [0.2, 0.25) is 0 Å². The fourth-order valence-corrected chi connectivity index (χ4v) is 1.75. The summed E-state index contributed by atoms with van der Waals surface area (Å²) in [5.74, 6) is -0.222. The zero-order chi connectivity index (χ0) is 12.3. The Kier molecular flexibility index (Phi) is 3.54. The Labute approximate surface area is 100 Å². The smallest absolute Gasteiger partial charge is 0.123 e. The average molecular weight is 233 g/mol. The maximum atomic E-state index is 12.8. The fraction of sp³-hybridized carbons (Fsp3) is 0.308. The summed E-state index contributed by atoms with van der Waals surface area (Å²) < 4.78 is 14.7. The van der Waals surface area contributed by atoms with E-state index >= 15 is 0 Å². The van der Waals surface area contributed by atoms with E-state index in [0.717, 1.165) is 24.2 Å². The third-order valence-electron chi connectivity index (χ3n) is 2.75.